The fourth-order valence-electron chi connectivity index (χ4n) is 2.46. The second kappa shape index (κ2) is 8.80. The fraction of sp³-hybridized carbons (Fsp3) is 0.100. The lowest BCUT2D eigenvalue weighted by atomic mass is 10.2. The van der Waals surface area contributed by atoms with Crippen molar-refractivity contribution < 1.29 is 22.5 Å². The minimum Gasteiger partial charge on any atom is -0.489 e. The van der Waals surface area contributed by atoms with Crippen LogP contribution in [0.3, 0.4) is 0 Å². The van der Waals surface area contributed by atoms with E-state index in [0.29, 0.717) is 11.3 Å². The number of benzene rings is 3. The lowest BCUT2D eigenvalue weighted by molar-refractivity contribution is -0.384. The number of nitro groups is 1. The van der Waals surface area contributed by atoms with Crippen molar-refractivity contribution >= 4 is 15.7 Å². The van der Waals surface area contributed by atoms with E-state index in [2.05, 4.69) is 4.72 Å². The van der Waals surface area contributed by atoms with E-state index in [1.807, 2.05) is 0 Å². The largest absolute Gasteiger partial charge is 0.489 e. The maximum absolute atomic E-state index is 12.9. The molecular formula is C20H17FN2O5S. The van der Waals surface area contributed by atoms with E-state index in [-0.39, 0.29) is 29.6 Å². The lowest BCUT2D eigenvalue weighted by Gasteiger charge is -2.09. The Morgan fingerprint density at radius 3 is 2.07 bits per heavy atom. The van der Waals surface area contributed by atoms with Gasteiger partial charge < -0.3 is 4.74 Å². The number of nitro benzene ring substituents is 1. The number of halogens is 1. The van der Waals surface area contributed by atoms with Crippen molar-refractivity contribution in [3.05, 3.63) is 99.9 Å². The molecule has 0 heterocycles. The zero-order valence-electron chi connectivity index (χ0n) is 15.1. The predicted molar refractivity (Wildman–Crippen MR) is 104 cm³/mol. The zero-order valence-corrected chi connectivity index (χ0v) is 15.9. The van der Waals surface area contributed by atoms with Crippen molar-refractivity contribution in [2.75, 3.05) is 0 Å². The van der Waals surface area contributed by atoms with Gasteiger partial charge in [-0.1, -0.05) is 24.3 Å². The van der Waals surface area contributed by atoms with E-state index in [1.165, 1.54) is 24.3 Å². The fourth-order valence-corrected chi connectivity index (χ4v) is 3.48. The number of rotatable bonds is 8. The molecule has 0 amide bonds. The van der Waals surface area contributed by atoms with Gasteiger partial charge in [0.05, 0.1) is 9.82 Å². The lowest BCUT2D eigenvalue weighted by Crippen LogP contribution is -2.23. The molecule has 0 unspecified atom stereocenters. The third-order valence-electron chi connectivity index (χ3n) is 4.07. The van der Waals surface area contributed by atoms with Crippen molar-refractivity contribution in [3.8, 4) is 5.75 Å². The van der Waals surface area contributed by atoms with Crippen LogP contribution in [0.5, 0.6) is 5.75 Å². The summed E-state index contributed by atoms with van der Waals surface area (Å²) >= 11 is 0. The first-order valence-electron chi connectivity index (χ1n) is 8.54. The summed E-state index contributed by atoms with van der Waals surface area (Å²) in [6.45, 7) is 0.337. The monoisotopic (exact) mass is 416 g/mol. The van der Waals surface area contributed by atoms with Gasteiger partial charge in [0.2, 0.25) is 10.0 Å². The molecule has 0 atom stereocenters. The van der Waals surface area contributed by atoms with Crippen LogP contribution >= 0.6 is 0 Å². The van der Waals surface area contributed by atoms with Crippen LogP contribution in [0.15, 0.2) is 77.7 Å². The molecule has 0 fully saturated rings. The van der Waals surface area contributed by atoms with E-state index >= 15 is 0 Å². The number of nitrogens with one attached hydrogen (secondary N) is 1. The summed E-state index contributed by atoms with van der Waals surface area (Å²) in [5.41, 5.74) is 1.36. The van der Waals surface area contributed by atoms with Crippen LogP contribution in [0.2, 0.25) is 0 Å². The summed E-state index contributed by atoms with van der Waals surface area (Å²) in [6, 6.07) is 17.5. The molecule has 0 aliphatic carbocycles. The van der Waals surface area contributed by atoms with E-state index in [9.17, 15) is 22.9 Å². The number of sulfonamides is 1. The molecular weight excluding hydrogens is 399 g/mol. The van der Waals surface area contributed by atoms with Gasteiger partial charge in [-0.15, -0.1) is 0 Å². The van der Waals surface area contributed by atoms with Gasteiger partial charge in [-0.25, -0.2) is 17.5 Å². The molecule has 0 bridgehead atoms. The molecule has 29 heavy (non-hydrogen) atoms. The topological polar surface area (TPSA) is 98.5 Å². The maximum atomic E-state index is 12.9. The molecule has 0 saturated heterocycles. The highest BCUT2D eigenvalue weighted by Crippen LogP contribution is 2.17. The molecule has 7 nitrogen and oxygen atoms in total. The molecule has 3 rings (SSSR count). The Morgan fingerprint density at radius 1 is 0.897 bits per heavy atom. The smallest absolute Gasteiger partial charge is 0.269 e. The van der Waals surface area contributed by atoms with E-state index < -0.39 is 14.9 Å². The molecule has 150 valence electrons. The van der Waals surface area contributed by atoms with Gasteiger partial charge in [0.15, 0.2) is 0 Å². The van der Waals surface area contributed by atoms with Gasteiger partial charge >= 0.3 is 0 Å². The molecule has 0 aromatic heterocycles. The second-order valence-corrected chi connectivity index (χ2v) is 7.90. The Morgan fingerprint density at radius 2 is 1.48 bits per heavy atom. The van der Waals surface area contributed by atoms with Gasteiger partial charge in [0.25, 0.3) is 5.69 Å². The Kier molecular flexibility index (Phi) is 6.20. The van der Waals surface area contributed by atoms with Gasteiger partial charge in [-0.05, 0) is 47.5 Å². The first-order chi connectivity index (χ1) is 13.8. The average Bonchev–Trinajstić information content (AvgIpc) is 2.73. The summed E-state index contributed by atoms with van der Waals surface area (Å²) < 4.78 is 45.6. The van der Waals surface area contributed by atoms with Crippen LogP contribution < -0.4 is 9.46 Å². The van der Waals surface area contributed by atoms with Crippen molar-refractivity contribution in [3.63, 3.8) is 0 Å². The quantitative estimate of drug-likeness (QED) is 0.445. The van der Waals surface area contributed by atoms with Crippen molar-refractivity contribution in [2.24, 2.45) is 0 Å². The van der Waals surface area contributed by atoms with Crippen LogP contribution in [0.4, 0.5) is 10.1 Å². The highest BCUT2D eigenvalue weighted by Gasteiger charge is 2.15. The standard InChI is InChI=1S/C20H17FN2O5S/c21-17-5-1-16(2-6-17)14-28-19-9-3-15(4-10-19)13-22-29(26,27)20-11-7-18(8-12-20)23(24)25/h1-12,22H,13-14H2. The number of ether oxygens (including phenoxy) is 1. The summed E-state index contributed by atoms with van der Waals surface area (Å²) in [4.78, 5) is 10.0. The Labute approximate surface area is 167 Å². The van der Waals surface area contributed by atoms with Crippen LogP contribution in [0.25, 0.3) is 0 Å². The normalized spacial score (nSPS) is 11.2. The molecule has 0 saturated carbocycles. The van der Waals surface area contributed by atoms with Crippen molar-refractivity contribution in [1.29, 1.82) is 0 Å². The van der Waals surface area contributed by atoms with Crippen LogP contribution in [-0.2, 0) is 23.2 Å². The molecule has 3 aromatic rings. The summed E-state index contributed by atoms with van der Waals surface area (Å²) in [5, 5.41) is 10.7. The zero-order chi connectivity index (χ0) is 20.9. The molecule has 1 N–H and O–H groups in total. The molecule has 0 spiro atoms. The summed E-state index contributed by atoms with van der Waals surface area (Å²) in [5.74, 6) is 0.283. The van der Waals surface area contributed by atoms with Crippen molar-refractivity contribution in [1.82, 2.24) is 4.72 Å². The third-order valence-corrected chi connectivity index (χ3v) is 5.48. The van der Waals surface area contributed by atoms with Gasteiger partial charge in [0, 0.05) is 18.7 Å². The maximum Gasteiger partial charge on any atom is 0.269 e. The van der Waals surface area contributed by atoms with Crippen LogP contribution in [0, 0.1) is 15.9 Å². The van der Waals surface area contributed by atoms with Gasteiger partial charge in [0.1, 0.15) is 18.2 Å². The summed E-state index contributed by atoms with van der Waals surface area (Å²) in [7, 11) is -3.80. The first kappa shape index (κ1) is 20.4. The van der Waals surface area contributed by atoms with Gasteiger partial charge in [-0.2, -0.15) is 0 Å². The SMILES string of the molecule is O=[N+]([O-])c1ccc(S(=O)(=O)NCc2ccc(OCc3ccc(F)cc3)cc2)cc1. The van der Waals surface area contributed by atoms with Gasteiger partial charge in [-0.3, -0.25) is 10.1 Å². The number of hydrogen-bond donors (Lipinski definition) is 1. The Bertz CT molecular complexity index is 1080. The van der Waals surface area contributed by atoms with Crippen LogP contribution in [0.1, 0.15) is 11.1 Å². The number of nitrogens with zero attached hydrogens (tertiary/aromatic N) is 1. The predicted octanol–water partition coefficient (Wildman–Crippen LogP) is 3.79. The summed E-state index contributed by atoms with van der Waals surface area (Å²) in [6.07, 6.45) is 0. The highest BCUT2D eigenvalue weighted by atomic mass is 32.2. The molecule has 0 aliphatic rings. The Hall–Kier alpha value is -3.30. The minimum atomic E-state index is -3.80. The minimum absolute atomic E-state index is 0.0531. The van der Waals surface area contributed by atoms with Crippen LogP contribution in [-0.4, -0.2) is 13.3 Å². The number of hydrogen-bond acceptors (Lipinski definition) is 5. The van der Waals surface area contributed by atoms with E-state index in [4.69, 9.17) is 4.74 Å². The first-order valence-corrected chi connectivity index (χ1v) is 10.0. The van der Waals surface area contributed by atoms with Crippen molar-refractivity contribution in [2.45, 2.75) is 18.0 Å². The molecule has 0 aliphatic heterocycles. The Balaban J connectivity index is 1.56. The second-order valence-electron chi connectivity index (χ2n) is 6.13. The molecule has 3 aromatic carbocycles. The third kappa shape index (κ3) is 5.59. The highest BCUT2D eigenvalue weighted by molar-refractivity contribution is 7.89. The molecule has 0 radical (unpaired) electrons. The average molecular weight is 416 g/mol. The van der Waals surface area contributed by atoms with E-state index in [1.54, 1.807) is 36.4 Å². The number of non-ortho nitro benzene ring substituents is 1. The van der Waals surface area contributed by atoms with E-state index in [0.717, 1.165) is 17.7 Å². The molecule has 9 heteroatoms.